The maximum absolute atomic E-state index is 11.2. The van der Waals surface area contributed by atoms with Crippen LogP contribution < -0.4 is 5.73 Å². The molecule has 0 fully saturated rings. The highest BCUT2D eigenvalue weighted by Gasteiger charge is 2.25. The third-order valence-electron chi connectivity index (χ3n) is 2.90. The first-order chi connectivity index (χ1) is 6.95. The Bertz CT molecular complexity index is 250. The largest absolute Gasteiger partial charge is 0.373 e. The molecule has 0 aromatic carbocycles. The monoisotopic (exact) mass is 237 g/mol. The van der Waals surface area contributed by atoms with Crippen LogP contribution in [0.5, 0.6) is 0 Å². The summed E-state index contributed by atoms with van der Waals surface area (Å²) >= 11 is 0. The first kappa shape index (κ1) is 14.9. The highest BCUT2D eigenvalue weighted by atomic mass is 32.2. The third-order valence-corrected chi connectivity index (χ3v) is 4.57. The predicted molar refractivity (Wildman–Crippen MR) is 62.6 cm³/mol. The Morgan fingerprint density at radius 2 is 1.73 bits per heavy atom. The Morgan fingerprint density at radius 1 is 1.20 bits per heavy atom. The van der Waals surface area contributed by atoms with Gasteiger partial charge in [0.2, 0.25) is 0 Å². The molecule has 0 amide bonds. The Labute approximate surface area is 93.1 Å². The molecule has 0 aliphatic rings. The SMILES string of the molecule is CCC(CC)(CN)OCCS(=O)(=O)CC. The number of sulfone groups is 1. The van der Waals surface area contributed by atoms with E-state index in [2.05, 4.69) is 0 Å². The lowest BCUT2D eigenvalue weighted by atomic mass is 9.97. The molecule has 0 saturated carbocycles. The predicted octanol–water partition coefficient (Wildman–Crippen LogP) is 0.955. The first-order valence-electron chi connectivity index (χ1n) is 5.49. The summed E-state index contributed by atoms with van der Waals surface area (Å²) < 4.78 is 28.1. The summed E-state index contributed by atoms with van der Waals surface area (Å²) in [6, 6.07) is 0. The minimum absolute atomic E-state index is 0.0885. The second-order valence-corrected chi connectivity index (χ2v) is 6.15. The normalized spacial score (nSPS) is 13.1. The van der Waals surface area contributed by atoms with Crippen LogP contribution >= 0.6 is 0 Å². The Hall–Kier alpha value is -0.130. The van der Waals surface area contributed by atoms with Gasteiger partial charge in [0.1, 0.15) is 0 Å². The van der Waals surface area contributed by atoms with E-state index in [0.29, 0.717) is 6.54 Å². The topological polar surface area (TPSA) is 69.4 Å². The molecule has 0 unspecified atom stereocenters. The van der Waals surface area contributed by atoms with Gasteiger partial charge in [0.25, 0.3) is 0 Å². The maximum atomic E-state index is 11.2. The Morgan fingerprint density at radius 3 is 2.07 bits per heavy atom. The van der Waals surface area contributed by atoms with Crippen molar-refractivity contribution in [3.05, 3.63) is 0 Å². The van der Waals surface area contributed by atoms with E-state index in [9.17, 15) is 8.42 Å². The molecule has 5 heteroatoms. The molecule has 0 heterocycles. The van der Waals surface area contributed by atoms with E-state index >= 15 is 0 Å². The molecule has 0 bridgehead atoms. The molecule has 0 rings (SSSR count). The standard InChI is InChI=1S/C10H23NO3S/c1-4-10(5-2,9-11)14-7-8-15(12,13)6-3/h4-9,11H2,1-3H3. The average Bonchev–Trinajstić information content (AvgIpc) is 2.25. The molecule has 0 saturated heterocycles. The zero-order valence-electron chi connectivity index (χ0n) is 9.95. The van der Waals surface area contributed by atoms with E-state index in [0.717, 1.165) is 12.8 Å². The van der Waals surface area contributed by atoms with Crippen LogP contribution in [-0.2, 0) is 14.6 Å². The lowest BCUT2D eigenvalue weighted by Gasteiger charge is -2.30. The van der Waals surface area contributed by atoms with Crippen LogP contribution in [0.3, 0.4) is 0 Å². The minimum Gasteiger partial charge on any atom is -0.373 e. The van der Waals surface area contributed by atoms with E-state index in [1.165, 1.54) is 0 Å². The van der Waals surface area contributed by atoms with Gasteiger partial charge >= 0.3 is 0 Å². The zero-order chi connectivity index (χ0) is 11.9. The molecule has 0 aliphatic carbocycles. The summed E-state index contributed by atoms with van der Waals surface area (Å²) in [6.07, 6.45) is 1.62. The van der Waals surface area contributed by atoms with Crippen molar-refractivity contribution in [2.24, 2.45) is 5.73 Å². The van der Waals surface area contributed by atoms with Crippen LogP contribution in [0.15, 0.2) is 0 Å². The molecule has 0 aliphatic heterocycles. The molecule has 4 nitrogen and oxygen atoms in total. The third kappa shape index (κ3) is 4.95. The van der Waals surface area contributed by atoms with E-state index in [1.54, 1.807) is 6.92 Å². The molecule has 92 valence electrons. The second kappa shape index (κ2) is 6.45. The van der Waals surface area contributed by atoms with Gasteiger partial charge in [-0.1, -0.05) is 20.8 Å². The van der Waals surface area contributed by atoms with Crippen molar-refractivity contribution in [1.82, 2.24) is 0 Å². The summed E-state index contributed by atoms with van der Waals surface area (Å²) in [5, 5.41) is 0. The van der Waals surface area contributed by atoms with Gasteiger partial charge in [-0.05, 0) is 12.8 Å². The van der Waals surface area contributed by atoms with Gasteiger partial charge in [0.15, 0.2) is 9.84 Å². The van der Waals surface area contributed by atoms with Crippen LogP contribution in [0.25, 0.3) is 0 Å². The van der Waals surface area contributed by atoms with E-state index < -0.39 is 9.84 Å². The van der Waals surface area contributed by atoms with E-state index in [1.807, 2.05) is 13.8 Å². The summed E-state index contributed by atoms with van der Waals surface area (Å²) in [5.41, 5.74) is 5.29. The van der Waals surface area contributed by atoms with Gasteiger partial charge in [0, 0.05) is 12.3 Å². The summed E-state index contributed by atoms with van der Waals surface area (Å²) in [4.78, 5) is 0. The molecule has 0 aromatic heterocycles. The number of hydrogen-bond donors (Lipinski definition) is 1. The van der Waals surface area contributed by atoms with Crippen molar-refractivity contribution in [2.75, 3.05) is 24.7 Å². The van der Waals surface area contributed by atoms with Crippen molar-refractivity contribution in [3.8, 4) is 0 Å². The Balaban J connectivity index is 4.13. The fraction of sp³-hybridized carbons (Fsp3) is 1.00. The molecular formula is C10H23NO3S. The van der Waals surface area contributed by atoms with E-state index in [-0.39, 0.29) is 23.7 Å². The summed E-state index contributed by atoms with van der Waals surface area (Å²) in [6.45, 7) is 6.34. The van der Waals surface area contributed by atoms with Gasteiger partial charge in [0.05, 0.1) is 18.0 Å². The van der Waals surface area contributed by atoms with Gasteiger partial charge in [-0.25, -0.2) is 8.42 Å². The molecule has 0 aromatic rings. The smallest absolute Gasteiger partial charge is 0.152 e. The highest BCUT2D eigenvalue weighted by Crippen LogP contribution is 2.18. The number of nitrogens with two attached hydrogens (primary N) is 1. The lowest BCUT2D eigenvalue weighted by Crippen LogP contribution is -2.40. The second-order valence-electron chi connectivity index (χ2n) is 3.68. The van der Waals surface area contributed by atoms with Crippen molar-refractivity contribution in [1.29, 1.82) is 0 Å². The number of ether oxygens (including phenoxy) is 1. The fourth-order valence-corrected chi connectivity index (χ4v) is 1.96. The lowest BCUT2D eigenvalue weighted by molar-refractivity contribution is -0.0367. The van der Waals surface area contributed by atoms with Crippen LogP contribution in [0.2, 0.25) is 0 Å². The molecular weight excluding hydrogens is 214 g/mol. The number of hydrogen-bond acceptors (Lipinski definition) is 4. The van der Waals surface area contributed by atoms with Crippen molar-refractivity contribution >= 4 is 9.84 Å². The summed E-state index contributed by atoms with van der Waals surface area (Å²) in [5.74, 6) is 0.259. The fourth-order valence-electron chi connectivity index (χ4n) is 1.33. The zero-order valence-corrected chi connectivity index (χ0v) is 10.8. The number of rotatable bonds is 8. The molecule has 0 spiro atoms. The van der Waals surface area contributed by atoms with Crippen LogP contribution in [0.4, 0.5) is 0 Å². The van der Waals surface area contributed by atoms with E-state index in [4.69, 9.17) is 10.5 Å². The maximum Gasteiger partial charge on any atom is 0.152 e. The molecule has 2 N–H and O–H groups in total. The molecule has 0 atom stereocenters. The van der Waals surface area contributed by atoms with Gasteiger partial charge < -0.3 is 10.5 Å². The van der Waals surface area contributed by atoms with Crippen molar-refractivity contribution in [2.45, 2.75) is 39.2 Å². The summed E-state index contributed by atoms with van der Waals surface area (Å²) in [7, 11) is -2.93. The van der Waals surface area contributed by atoms with Crippen molar-refractivity contribution in [3.63, 3.8) is 0 Å². The van der Waals surface area contributed by atoms with Crippen LogP contribution in [0, 0.1) is 0 Å². The van der Waals surface area contributed by atoms with Gasteiger partial charge in [-0.15, -0.1) is 0 Å². The van der Waals surface area contributed by atoms with Gasteiger partial charge in [-0.3, -0.25) is 0 Å². The molecule has 15 heavy (non-hydrogen) atoms. The first-order valence-corrected chi connectivity index (χ1v) is 7.32. The van der Waals surface area contributed by atoms with Crippen LogP contribution in [0.1, 0.15) is 33.6 Å². The highest BCUT2D eigenvalue weighted by molar-refractivity contribution is 7.91. The van der Waals surface area contributed by atoms with Gasteiger partial charge in [-0.2, -0.15) is 0 Å². The average molecular weight is 237 g/mol. The van der Waals surface area contributed by atoms with Crippen molar-refractivity contribution < 1.29 is 13.2 Å². The van der Waals surface area contributed by atoms with Crippen LogP contribution in [-0.4, -0.2) is 38.7 Å². The molecule has 0 radical (unpaired) electrons. The quantitative estimate of drug-likeness (QED) is 0.682. The minimum atomic E-state index is -2.93. The Kier molecular flexibility index (Phi) is 6.40.